The Balaban J connectivity index is 2.15. The second-order valence-corrected chi connectivity index (χ2v) is 5.28. The molecule has 0 aliphatic rings. The zero-order valence-corrected chi connectivity index (χ0v) is 12.3. The van der Waals surface area contributed by atoms with Gasteiger partial charge in [0.25, 0.3) is 0 Å². The van der Waals surface area contributed by atoms with Crippen molar-refractivity contribution in [2.45, 2.75) is 0 Å². The van der Waals surface area contributed by atoms with E-state index in [1.165, 1.54) is 16.8 Å². The van der Waals surface area contributed by atoms with Crippen molar-refractivity contribution in [3.05, 3.63) is 64.8 Å². The van der Waals surface area contributed by atoms with E-state index in [2.05, 4.69) is 21.0 Å². The predicted molar refractivity (Wildman–Crippen MR) is 81.0 cm³/mol. The van der Waals surface area contributed by atoms with Crippen LogP contribution in [0.2, 0.25) is 0 Å². The summed E-state index contributed by atoms with van der Waals surface area (Å²) in [5, 5.41) is 4.27. The van der Waals surface area contributed by atoms with Crippen molar-refractivity contribution in [1.29, 1.82) is 0 Å². The van der Waals surface area contributed by atoms with Crippen molar-refractivity contribution >= 4 is 21.6 Å². The van der Waals surface area contributed by atoms with Crippen LogP contribution >= 0.6 is 15.9 Å². The van der Waals surface area contributed by atoms with Gasteiger partial charge in [0.15, 0.2) is 11.6 Å². The molecule has 1 aromatic heterocycles. The normalized spacial score (nSPS) is 10.8. The van der Waals surface area contributed by atoms with Gasteiger partial charge >= 0.3 is 0 Å². The first kappa shape index (κ1) is 13.8. The van der Waals surface area contributed by atoms with Crippen LogP contribution in [0, 0.1) is 11.6 Å². The summed E-state index contributed by atoms with van der Waals surface area (Å²) in [4.78, 5) is 0. The first-order valence-electron chi connectivity index (χ1n) is 6.12. The second kappa shape index (κ2) is 5.29. The van der Waals surface area contributed by atoms with Gasteiger partial charge in [-0.05, 0) is 40.2 Å². The van der Waals surface area contributed by atoms with E-state index < -0.39 is 11.6 Å². The highest BCUT2D eigenvalue weighted by atomic mass is 79.9. The second-order valence-electron chi connectivity index (χ2n) is 4.43. The van der Waals surface area contributed by atoms with Crippen LogP contribution in [0.3, 0.4) is 0 Å². The summed E-state index contributed by atoms with van der Waals surface area (Å²) in [5.74, 6) is -1.89. The minimum Gasteiger partial charge on any atom is -0.396 e. The predicted octanol–water partition coefficient (Wildman–Crippen LogP) is 4.16. The molecular weight excluding hydrogens is 340 g/mol. The highest BCUT2D eigenvalue weighted by Gasteiger charge is 2.16. The first-order valence-corrected chi connectivity index (χ1v) is 6.91. The molecule has 0 atom stereocenters. The fraction of sp³-hybridized carbons (Fsp3) is 0. The van der Waals surface area contributed by atoms with Gasteiger partial charge in [0.05, 0.1) is 17.6 Å². The third-order valence-electron chi connectivity index (χ3n) is 3.05. The molecule has 6 heteroatoms. The molecule has 3 rings (SSSR count). The average molecular weight is 350 g/mol. The molecule has 0 spiro atoms. The van der Waals surface area contributed by atoms with Crippen LogP contribution in [-0.2, 0) is 0 Å². The number of nitrogens with two attached hydrogens (primary N) is 1. The highest BCUT2D eigenvalue weighted by molar-refractivity contribution is 9.10. The third kappa shape index (κ3) is 2.42. The number of halogens is 3. The Hall–Kier alpha value is -2.21. The number of para-hydroxylation sites is 1. The highest BCUT2D eigenvalue weighted by Crippen LogP contribution is 2.30. The van der Waals surface area contributed by atoms with Crippen molar-refractivity contribution in [1.82, 2.24) is 9.78 Å². The summed E-state index contributed by atoms with van der Waals surface area (Å²) in [5.41, 5.74) is 7.17. The van der Waals surface area contributed by atoms with E-state index in [1.807, 2.05) is 24.3 Å². The first-order chi connectivity index (χ1) is 10.1. The minimum atomic E-state index is -0.957. The Morgan fingerprint density at radius 2 is 1.81 bits per heavy atom. The van der Waals surface area contributed by atoms with E-state index in [1.54, 1.807) is 6.20 Å². The van der Waals surface area contributed by atoms with Gasteiger partial charge in [-0.2, -0.15) is 5.10 Å². The standard InChI is InChI=1S/C15H10BrF2N3/c16-10-5-1-2-7-13(10)21-8-12(19)15(20-21)9-4-3-6-11(17)14(9)18/h1-8H,19H2. The van der Waals surface area contributed by atoms with Crippen molar-refractivity contribution < 1.29 is 8.78 Å². The molecule has 0 unspecified atom stereocenters. The lowest BCUT2D eigenvalue weighted by Crippen LogP contribution is -1.97. The lowest BCUT2D eigenvalue weighted by atomic mass is 10.1. The molecule has 0 saturated heterocycles. The molecule has 0 fully saturated rings. The number of nitrogen functional groups attached to an aromatic ring is 1. The number of rotatable bonds is 2. The van der Waals surface area contributed by atoms with Crippen LogP contribution in [0.4, 0.5) is 14.5 Å². The van der Waals surface area contributed by atoms with Crippen LogP contribution in [0.25, 0.3) is 16.9 Å². The maximum Gasteiger partial charge on any atom is 0.168 e. The molecule has 0 radical (unpaired) electrons. The lowest BCUT2D eigenvalue weighted by molar-refractivity contribution is 0.511. The topological polar surface area (TPSA) is 43.8 Å². The number of hydrogen-bond donors (Lipinski definition) is 1. The van der Waals surface area contributed by atoms with Crippen LogP contribution in [0.1, 0.15) is 0 Å². The Labute approximate surface area is 128 Å². The van der Waals surface area contributed by atoms with E-state index in [9.17, 15) is 8.78 Å². The van der Waals surface area contributed by atoms with Gasteiger partial charge in [0.2, 0.25) is 0 Å². The monoisotopic (exact) mass is 349 g/mol. The van der Waals surface area contributed by atoms with Crippen molar-refractivity contribution in [2.24, 2.45) is 0 Å². The summed E-state index contributed by atoms with van der Waals surface area (Å²) in [6.07, 6.45) is 1.57. The van der Waals surface area contributed by atoms with E-state index >= 15 is 0 Å². The smallest absolute Gasteiger partial charge is 0.168 e. The summed E-state index contributed by atoms with van der Waals surface area (Å²) in [6.45, 7) is 0. The van der Waals surface area contributed by atoms with Crippen LogP contribution < -0.4 is 5.73 Å². The van der Waals surface area contributed by atoms with Gasteiger partial charge in [-0.25, -0.2) is 13.5 Å². The quantitative estimate of drug-likeness (QED) is 0.754. The molecule has 0 bridgehead atoms. The van der Waals surface area contributed by atoms with Crippen molar-refractivity contribution in [3.8, 4) is 16.9 Å². The molecule has 3 aromatic rings. The number of anilines is 1. The third-order valence-corrected chi connectivity index (χ3v) is 3.72. The fourth-order valence-corrected chi connectivity index (χ4v) is 2.51. The summed E-state index contributed by atoms with van der Waals surface area (Å²) in [7, 11) is 0. The Morgan fingerprint density at radius 1 is 1.05 bits per heavy atom. The fourth-order valence-electron chi connectivity index (χ4n) is 2.04. The van der Waals surface area contributed by atoms with E-state index in [4.69, 9.17) is 5.73 Å². The van der Waals surface area contributed by atoms with E-state index in [0.29, 0.717) is 0 Å². The van der Waals surface area contributed by atoms with E-state index in [-0.39, 0.29) is 16.9 Å². The van der Waals surface area contributed by atoms with Gasteiger partial charge in [0, 0.05) is 10.0 Å². The van der Waals surface area contributed by atoms with Crippen LogP contribution in [0.15, 0.2) is 53.1 Å². The summed E-state index contributed by atoms with van der Waals surface area (Å²) in [6, 6.07) is 11.3. The van der Waals surface area contributed by atoms with Gasteiger partial charge in [-0.1, -0.05) is 18.2 Å². The number of nitrogens with zero attached hydrogens (tertiary/aromatic N) is 2. The van der Waals surface area contributed by atoms with Crippen LogP contribution in [-0.4, -0.2) is 9.78 Å². The molecule has 0 amide bonds. The summed E-state index contributed by atoms with van der Waals surface area (Å²) >= 11 is 3.41. The maximum absolute atomic E-state index is 13.9. The molecule has 0 saturated carbocycles. The minimum absolute atomic E-state index is 0.0401. The Morgan fingerprint density at radius 3 is 2.57 bits per heavy atom. The molecular formula is C15H10BrF2N3. The zero-order chi connectivity index (χ0) is 15.0. The number of hydrogen-bond acceptors (Lipinski definition) is 2. The molecule has 0 aliphatic carbocycles. The van der Waals surface area contributed by atoms with Gasteiger partial charge in [-0.15, -0.1) is 0 Å². The Bertz CT molecular complexity index is 814. The molecule has 2 aromatic carbocycles. The molecule has 106 valence electrons. The molecule has 2 N–H and O–H groups in total. The van der Waals surface area contributed by atoms with Crippen molar-refractivity contribution in [2.75, 3.05) is 5.73 Å². The molecule has 0 aliphatic heterocycles. The van der Waals surface area contributed by atoms with E-state index in [0.717, 1.165) is 16.2 Å². The average Bonchev–Trinajstić information content (AvgIpc) is 2.84. The Kier molecular flexibility index (Phi) is 3.47. The maximum atomic E-state index is 13.9. The lowest BCUT2D eigenvalue weighted by Gasteiger charge is -2.04. The number of benzene rings is 2. The number of aromatic nitrogens is 2. The zero-order valence-electron chi connectivity index (χ0n) is 10.7. The van der Waals surface area contributed by atoms with Gasteiger partial charge < -0.3 is 5.73 Å². The largest absolute Gasteiger partial charge is 0.396 e. The molecule has 21 heavy (non-hydrogen) atoms. The molecule has 3 nitrogen and oxygen atoms in total. The molecule has 1 heterocycles. The summed E-state index contributed by atoms with van der Waals surface area (Å²) < 4.78 is 29.5. The van der Waals surface area contributed by atoms with Gasteiger partial charge in [-0.3, -0.25) is 0 Å². The SMILES string of the molecule is Nc1cn(-c2ccccc2Br)nc1-c1cccc(F)c1F. The van der Waals surface area contributed by atoms with Gasteiger partial charge in [0.1, 0.15) is 5.69 Å². The van der Waals surface area contributed by atoms with Crippen LogP contribution in [0.5, 0.6) is 0 Å². The van der Waals surface area contributed by atoms with Crippen molar-refractivity contribution in [3.63, 3.8) is 0 Å².